The van der Waals surface area contributed by atoms with Crippen molar-refractivity contribution >= 4 is 62.3 Å². The average Bonchev–Trinajstić information content (AvgIpc) is 3.32. The van der Waals surface area contributed by atoms with Crippen molar-refractivity contribution in [2.24, 2.45) is 17.8 Å². The van der Waals surface area contributed by atoms with Crippen LogP contribution in [0.15, 0.2) is 35.1 Å². The zero-order chi connectivity index (χ0) is 23.1. The van der Waals surface area contributed by atoms with E-state index in [4.69, 9.17) is 21.1 Å². The van der Waals surface area contributed by atoms with E-state index in [-0.39, 0.29) is 18.1 Å². The number of ether oxygens (including phenoxy) is 2. The highest BCUT2D eigenvalue weighted by molar-refractivity contribution is 9.10. The summed E-state index contributed by atoms with van der Waals surface area (Å²) < 4.78 is 26.7. The van der Waals surface area contributed by atoms with Crippen LogP contribution in [-0.4, -0.2) is 48.7 Å². The van der Waals surface area contributed by atoms with Crippen molar-refractivity contribution in [3.05, 3.63) is 45.9 Å². The second kappa shape index (κ2) is 10.4. The van der Waals surface area contributed by atoms with Gasteiger partial charge in [-0.2, -0.15) is 0 Å². The lowest BCUT2D eigenvalue weighted by Crippen LogP contribution is -2.18. The van der Waals surface area contributed by atoms with Crippen molar-refractivity contribution in [1.29, 1.82) is 0 Å². The van der Waals surface area contributed by atoms with Gasteiger partial charge in [-0.1, -0.05) is 11.6 Å². The molecule has 0 bridgehead atoms. The van der Waals surface area contributed by atoms with Crippen molar-refractivity contribution in [2.75, 3.05) is 39.2 Å². The van der Waals surface area contributed by atoms with Crippen molar-refractivity contribution in [3.8, 4) is 11.5 Å². The molecule has 2 fully saturated rings. The molecule has 10 heteroatoms. The van der Waals surface area contributed by atoms with E-state index in [1.54, 1.807) is 7.11 Å². The molecule has 2 aliphatic rings. The van der Waals surface area contributed by atoms with Gasteiger partial charge < -0.3 is 19.7 Å². The summed E-state index contributed by atoms with van der Waals surface area (Å²) in [4.78, 5) is 11.1. The molecule has 0 radical (unpaired) electrons. The third kappa shape index (κ3) is 5.05. The highest BCUT2D eigenvalue weighted by Gasteiger charge is 2.39. The number of fused-ring (bicyclic) bond motifs is 2. The van der Waals surface area contributed by atoms with Gasteiger partial charge >= 0.3 is 0 Å². The van der Waals surface area contributed by atoms with Crippen LogP contribution in [0.2, 0.25) is 5.02 Å². The van der Waals surface area contributed by atoms with Crippen LogP contribution < -0.4 is 14.8 Å². The standard InChI is InChI=1S/C24H25BrClFN4O2.ClH/c1-31-9-14-3-13(4-15(14)10-31)11-33-23-8-20-16(5-22(23)32-2)24(29-12-28-20)30-21-7-18(26)17(25)6-19(21)27;/h5-8,12-15H,3-4,9-11H2,1-2H3,(H,28,29,30);1H/t13?,14-,15?;/m1./s1. The first-order chi connectivity index (χ1) is 15.9. The topological polar surface area (TPSA) is 59.5 Å². The summed E-state index contributed by atoms with van der Waals surface area (Å²) >= 11 is 9.37. The fourth-order valence-corrected chi connectivity index (χ4v) is 5.66. The number of halogens is 4. The van der Waals surface area contributed by atoms with Crippen molar-refractivity contribution in [1.82, 2.24) is 14.9 Å². The van der Waals surface area contributed by atoms with Crippen LogP contribution in [-0.2, 0) is 0 Å². The second-order valence-corrected chi connectivity index (χ2v) is 10.3. The monoisotopic (exact) mass is 570 g/mol. The summed E-state index contributed by atoms with van der Waals surface area (Å²) in [6.07, 6.45) is 3.86. The molecule has 1 N–H and O–H groups in total. The maximum absolute atomic E-state index is 14.4. The van der Waals surface area contributed by atoms with E-state index < -0.39 is 5.82 Å². The van der Waals surface area contributed by atoms with Crippen LogP contribution in [0, 0.1) is 23.6 Å². The van der Waals surface area contributed by atoms with Gasteiger partial charge in [0.05, 0.1) is 29.9 Å². The Morgan fingerprint density at radius 3 is 2.59 bits per heavy atom. The SMILES string of the molecule is COc1cc2c(Nc3cc(Cl)c(Br)cc3F)ncnc2cc1OCC1CC2CN(C)C[C@H]2C1.Cl. The van der Waals surface area contributed by atoms with Gasteiger partial charge in [0.15, 0.2) is 11.5 Å². The summed E-state index contributed by atoms with van der Waals surface area (Å²) in [6, 6.07) is 6.51. The van der Waals surface area contributed by atoms with Crippen molar-refractivity contribution in [2.45, 2.75) is 12.8 Å². The number of aromatic nitrogens is 2. The first kappa shape index (κ1) is 25.2. The third-order valence-corrected chi connectivity index (χ3v) is 7.89. The zero-order valence-corrected chi connectivity index (χ0v) is 22.0. The molecule has 1 saturated carbocycles. The van der Waals surface area contributed by atoms with E-state index in [0.29, 0.717) is 50.2 Å². The maximum atomic E-state index is 14.4. The predicted octanol–water partition coefficient (Wildman–Crippen LogP) is 6.33. The molecule has 1 saturated heterocycles. The van der Waals surface area contributed by atoms with Crippen LogP contribution >= 0.6 is 39.9 Å². The number of likely N-dealkylation sites (tertiary alicyclic amines) is 1. The number of hydrogen-bond acceptors (Lipinski definition) is 6. The minimum Gasteiger partial charge on any atom is -0.493 e. The van der Waals surface area contributed by atoms with Gasteiger partial charge in [0, 0.05) is 29.0 Å². The molecule has 0 amide bonds. The lowest BCUT2D eigenvalue weighted by atomic mass is 10.0. The van der Waals surface area contributed by atoms with Gasteiger partial charge in [0.2, 0.25) is 0 Å². The highest BCUT2D eigenvalue weighted by atomic mass is 79.9. The number of rotatable bonds is 6. The fourth-order valence-electron chi connectivity index (χ4n) is 5.19. The first-order valence-corrected chi connectivity index (χ1v) is 12.1. The van der Waals surface area contributed by atoms with E-state index in [2.05, 4.69) is 43.2 Å². The highest BCUT2D eigenvalue weighted by Crippen LogP contribution is 2.42. The van der Waals surface area contributed by atoms with Crippen LogP contribution in [0.5, 0.6) is 11.5 Å². The molecule has 2 unspecified atom stereocenters. The molecular formula is C24H26BrCl2FN4O2. The Morgan fingerprint density at radius 1 is 1.15 bits per heavy atom. The van der Waals surface area contributed by atoms with Gasteiger partial charge in [-0.05, 0) is 71.8 Å². The summed E-state index contributed by atoms with van der Waals surface area (Å²) in [5, 5.41) is 4.11. The predicted molar refractivity (Wildman–Crippen MR) is 138 cm³/mol. The van der Waals surface area contributed by atoms with Gasteiger partial charge in [-0.25, -0.2) is 14.4 Å². The Kier molecular flexibility index (Phi) is 7.72. The van der Waals surface area contributed by atoms with Crippen LogP contribution in [0.3, 0.4) is 0 Å². The molecule has 2 aromatic carbocycles. The molecule has 182 valence electrons. The molecule has 3 aromatic rings. The van der Waals surface area contributed by atoms with Crippen molar-refractivity contribution in [3.63, 3.8) is 0 Å². The van der Waals surface area contributed by atoms with Crippen molar-refractivity contribution < 1.29 is 13.9 Å². The summed E-state index contributed by atoms with van der Waals surface area (Å²) in [6.45, 7) is 3.05. The average molecular weight is 572 g/mol. The molecular weight excluding hydrogens is 546 g/mol. The number of benzene rings is 2. The summed E-state index contributed by atoms with van der Waals surface area (Å²) in [5.74, 6) is 3.38. The molecule has 6 nitrogen and oxygen atoms in total. The molecule has 1 aliphatic heterocycles. The minimum atomic E-state index is -0.447. The van der Waals surface area contributed by atoms with E-state index in [1.807, 2.05) is 12.1 Å². The Balaban J connectivity index is 0.00000274. The van der Waals surface area contributed by atoms with E-state index >= 15 is 0 Å². The van der Waals surface area contributed by atoms with Crippen LogP contribution in [0.4, 0.5) is 15.9 Å². The Hall–Kier alpha value is -1.87. The Labute approximate surface area is 217 Å². The first-order valence-electron chi connectivity index (χ1n) is 11.0. The molecule has 2 heterocycles. The molecule has 0 spiro atoms. The smallest absolute Gasteiger partial charge is 0.163 e. The Morgan fingerprint density at radius 2 is 1.88 bits per heavy atom. The van der Waals surface area contributed by atoms with Gasteiger partial charge in [-0.3, -0.25) is 0 Å². The molecule has 5 rings (SSSR count). The third-order valence-electron chi connectivity index (χ3n) is 6.69. The number of nitrogens with one attached hydrogen (secondary N) is 1. The number of hydrogen-bond donors (Lipinski definition) is 1. The number of nitrogens with zero attached hydrogens (tertiary/aromatic N) is 3. The molecule has 3 atom stereocenters. The Bertz CT molecular complexity index is 1190. The van der Waals surface area contributed by atoms with Gasteiger partial charge in [0.25, 0.3) is 0 Å². The molecule has 34 heavy (non-hydrogen) atoms. The lowest BCUT2D eigenvalue weighted by molar-refractivity contribution is 0.227. The summed E-state index contributed by atoms with van der Waals surface area (Å²) in [7, 11) is 3.81. The van der Waals surface area contributed by atoms with E-state index in [1.165, 1.54) is 44.4 Å². The molecule has 1 aromatic heterocycles. The summed E-state index contributed by atoms with van der Waals surface area (Å²) in [5.41, 5.74) is 0.900. The normalized spacial score (nSPS) is 21.9. The van der Waals surface area contributed by atoms with Crippen LogP contribution in [0.25, 0.3) is 10.9 Å². The number of methoxy groups -OCH3 is 1. The second-order valence-electron chi connectivity index (χ2n) is 9.00. The van der Waals surface area contributed by atoms with E-state index in [9.17, 15) is 4.39 Å². The van der Waals surface area contributed by atoms with Gasteiger partial charge in [0.1, 0.15) is 18.0 Å². The van der Waals surface area contributed by atoms with Crippen LogP contribution in [0.1, 0.15) is 12.8 Å². The lowest BCUT2D eigenvalue weighted by Gasteiger charge is -2.17. The largest absolute Gasteiger partial charge is 0.493 e. The minimum absolute atomic E-state index is 0. The van der Waals surface area contributed by atoms with E-state index in [0.717, 1.165) is 11.8 Å². The quantitative estimate of drug-likeness (QED) is 0.349. The molecule has 1 aliphatic carbocycles. The zero-order valence-electron chi connectivity index (χ0n) is 18.9. The fraction of sp³-hybridized carbons (Fsp3) is 0.417. The van der Waals surface area contributed by atoms with Gasteiger partial charge in [-0.15, -0.1) is 12.4 Å². The number of anilines is 2. The maximum Gasteiger partial charge on any atom is 0.163 e.